The number of nitrogens with zero attached hydrogens (tertiary/aromatic N) is 3. The Morgan fingerprint density at radius 2 is 2.11 bits per heavy atom. The fourth-order valence-corrected chi connectivity index (χ4v) is 2.54. The highest BCUT2D eigenvalue weighted by Crippen LogP contribution is 2.31. The molecule has 1 amide bonds. The number of imidazole rings is 1. The van der Waals surface area contributed by atoms with E-state index in [1.165, 1.54) is 25.7 Å². The highest BCUT2D eigenvalue weighted by atomic mass is 16.2. The molecule has 1 fully saturated rings. The van der Waals surface area contributed by atoms with Gasteiger partial charge in [0, 0.05) is 26.2 Å². The van der Waals surface area contributed by atoms with Crippen LogP contribution in [0.15, 0.2) is 12.3 Å². The Morgan fingerprint density at radius 1 is 1.44 bits per heavy atom. The summed E-state index contributed by atoms with van der Waals surface area (Å²) in [5.41, 5.74) is 1.04. The van der Waals surface area contributed by atoms with Crippen molar-refractivity contribution >= 4 is 12.0 Å². The third-order valence-corrected chi connectivity index (χ3v) is 3.54. The molecule has 0 spiro atoms. The highest BCUT2D eigenvalue weighted by molar-refractivity contribution is 5.91. The SMILES string of the molecule is Cc1ncc(C=CC(=O)N(C)C)n1C1CCCC1. The summed E-state index contributed by atoms with van der Waals surface area (Å²) in [5, 5.41) is 0. The Morgan fingerprint density at radius 3 is 2.72 bits per heavy atom. The molecule has 18 heavy (non-hydrogen) atoms. The van der Waals surface area contributed by atoms with Crippen molar-refractivity contribution in [1.29, 1.82) is 0 Å². The van der Waals surface area contributed by atoms with Crippen LogP contribution >= 0.6 is 0 Å². The molecule has 98 valence electrons. The van der Waals surface area contributed by atoms with Crippen LogP contribution in [0.25, 0.3) is 6.08 Å². The smallest absolute Gasteiger partial charge is 0.246 e. The van der Waals surface area contributed by atoms with Gasteiger partial charge in [0.1, 0.15) is 5.82 Å². The largest absolute Gasteiger partial charge is 0.345 e. The molecule has 1 aliphatic carbocycles. The number of hydrogen-bond acceptors (Lipinski definition) is 2. The second-order valence-corrected chi connectivity index (χ2v) is 5.10. The molecule has 1 heterocycles. The molecule has 0 radical (unpaired) electrons. The monoisotopic (exact) mass is 247 g/mol. The maximum absolute atomic E-state index is 11.6. The predicted octanol–water partition coefficient (Wildman–Crippen LogP) is 2.41. The Hall–Kier alpha value is -1.58. The number of hydrogen-bond donors (Lipinski definition) is 0. The molecule has 1 aromatic rings. The minimum absolute atomic E-state index is 0.00632. The van der Waals surface area contributed by atoms with Gasteiger partial charge in [0.25, 0.3) is 0 Å². The van der Waals surface area contributed by atoms with E-state index in [0.717, 1.165) is 11.5 Å². The van der Waals surface area contributed by atoms with E-state index in [-0.39, 0.29) is 5.91 Å². The first-order valence-electron chi connectivity index (χ1n) is 6.53. The van der Waals surface area contributed by atoms with Crippen LogP contribution in [0.2, 0.25) is 0 Å². The average molecular weight is 247 g/mol. The van der Waals surface area contributed by atoms with Gasteiger partial charge >= 0.3 is 0 Å². The summed E-state index contributed by atoms with van der Waals surface area (Å²) < 4.78 is 2.27. The third kappa shape index (κ3) is 2.63. The van der Waals surface area contributed by atoms with Crippen molar-refractivity contribution in [3.63, 3.8) is 0 Å². The van der Waals surface area contributed by atoms with E-state index in [1.807, 2.05) is 19.2 Å². The number of carbonyl (C=O) groups excluding carboxylic acids is 1. The molecule has 0 unspecified atom stereocenters. The van der Waals surface area contributed by atoms with Gasteiger partial charge < -0.3 is 9.47 Å². The zero-order chi connectivity index (χ0) is 13.1. The Balaban J connectivity index is 2.20. The Labute approximate surface area is 108 Å². The lowest BCUT2D eigenvalue weighted by atomic mass is 10.2. The van der Waals surface area contributed by atoms with Crippen LogP contribution in [0.5, 0.6) is 0 Å². The molecular weight excluding hydrogens is 226 g/mol. The van der Waals surface area contributed by atoms with Crippen molar-refractivity contribution in [3.8, 4) is 0 Å². The molecule has 2 rings (SSSR count). The Bertz CT molecular complexity index is 454. The quantitative estimate of drug-likeness (QED) is 0.769. The topological polar surface area (TPSA) is 38.1 Å². The average Bonchev–Trinajstić information content (AvgIpc) is 2.94. The molecule has 1 aliphatic rings. The zero-order valence-electron chi connectivity index (χ0n) is 11.4. The predicted molar refractivity (Wildman–Crippen MR) is 72.2 cm³/mol. The summed E-state index contributed by atoms with van der Waals surface area (Å²) in [7, 11) is 3.51. The van der Waals surface area contributed by atoms with Crippen LogP contribution in [0.4, 0.5) is 0 Å². The molecule has 0 aromatic carbocycles. The number of likely N-dealkylation sites (N-methyl/N-ethyl adjacent to an activating group) is 1. The van der Waals surface area contributed by atoms with Gasteiger partial charge in [0.05, 0.1) is 11.9 Å². The molecule has 0 atom stereocenters. The van der Waals surface area contributed by atoms with Crippen molar-refractivity contribution in [2.45, 2.75) is 38.6 Å². The van der Waals surface area contributed by atoms with Crippen LogP contribution in [0.1, 0.15) is 43.2 Å². The highest BCUT2D eigenvalue weighted by Gasteiger charge is 2.20. The van der Waals surface area contributed by atoms with Crippen LogP contribution in [-0.4, -0.2) is 34.5 Å². The van der Waals surface area contributed by atoms with E-state index in [0.29, 0.717) is 6.04 Å². The summed E-state index contributed by atoms with van der Waals surface area (Å²) >= 11 is 0. The van der Waals surface area contributed by atoms with E-state index in [9.17, 15) is 4.79 Å². The number of rotatable bonds is 3. The van der Waals surface area contributed by atoms with E-state index in [1.54, 1.807) is 25.1 Å². The lowest BCUT2D eigenvalue weighted by Crippen LogP contribution is -2.18. The molecule has 0 saturated heterocycles. The summed E-state index contributed by atoms with van der Waals surface area (Å²) in [5.74, 6) is 1.05. The molecule has 1 aromatic heterocycles. The minimum Gasteiger partial charge on any atom is -0.345 e. The molecule has 1 saturated carbocycles. The van der Waals surface area contributed by atoms with Gasteiger partial charge in [-0.15, -0.1) is 0 Å². The number of carbonyl (C=O) groups is 1. The molecule has 0 aliphatic heterocycles. The van der Waals surface area contributed by atoms with Gasteiger partial charge in [-0.2, -0.15) is 0 Å². The molecule has 0 N–H and O–H groups in total. The maximum Gasteiger partial charge on any atom is 0.246 e. The molecular formula is C14H21N3O. The van der Waals surface area contributed by atoms with Crippen LogP contribution in [-0.2, 0) is 4.79 Å². The van der Waals surface area contributed by atoms with Crippen molar-refractivity contribution in [2.75, 3.05) is 14.1 Å². The van der Waals surface area contributed by atoms with E-state index >= 15 is 0 Å². The summed E-state index contributed by atoms with van der Waals surface area (Å²) in [6.07, 6.45) is 10.4. The standard InChI is InChI=1S/C14H21N3O/c1-11-15-10-13(8-9-14(18)16(2)3)17(11)12-6-4-5-7-12/h8-10,12H,4-7H2,1-3H3. The maximum atomic E-state index is 11.6. The first-order chi connectivity index (χ1) is 8.59. The van der Waals surface area contributed by atoms with E-state index in [4.69, 9.17) is 0 Å². The Kier molecular flexibility index (Phi) is 3.84. The van der Waals surface area contributed by atoms with E-state index < -0.39 is 0 Å². The number of aryl methyl sites for hydroxylation is 1. The normalized spacial score (nSPS) is 16.6. The third-order valence-electron chi connectivity index (χ3n) is 3.54. The molecule has 0 bridgehead atoms. The van der Waals surface area contributed by atoms with Crippen molar-refractivity contribution in [3.05, 3.63) is 23.8 Å². The fourth-order valence-electron chi connectivity index (χ4n) is 2.54. The molecule has 4 heteroatoms. The van der Waals surface area contributed by atoms with Crippen molar-refractivity contribution < 1.29 is 4.79 Å². The van der Waals surface area contributed by atoms with Gasteiger partial charge in [-0.3, -0.25) is 4.79 Å². The summed E-state index contributed by atoms with van der Waals surface area (Å²) in [4.78, 5) is 17.5. The van der Waals surface area contributed by atoms with Crippen molar-refractivity contribution in [2.24, 2.45) is 0 Å². The van der Waals surface area contributed by atoms with Crippen LogP contribution < -0.4 is 0 Å². The van der Waals surface area contributed by atoms with Gasteiger partial charge in [-0.1, -0.05) is 12.8 Å². The summed E-state index contributed by atoms with van der Waals surface area (Å²) in [6, 6.07) is 0.557. The number of amides is 1. The van der Waals surface area contributed by atoms with Crippen LogP contribution in [0.3, 0.4) is 0 Å². The second kappa shape index (κ2) is 5.38. The first-order valence-corrected chi connectivity index (χ1v) is 6.53. The molecule has 4 nitrogen and oxygen atoms in total. The first kappa shape index (κ1) is 12.9. The number of aromatic nitrogens is 2. The van der Waals surface area contributed by atoms with Gasteiger partial charge in [-0.05, 0) is 25.8 Å². The van der Waals surface area contributed by atoms with Crippen LogP contribution in [0, 0.1) is 6.92 Å². The van der Waals surface area contributed by atoms with Crippen molar-refractivity contribution in [1.82, 2.24) is 14.5 Å². The zero-order valence-corrected chi connectivity index (χ0v) is 11.4. The van der Waals surface area contributed by atoms with Gasteiger partial charge in [0.15, 0.2) is 0 Å². The second-order valence-electron chi connectivity index (χ2n) is 5.10. The lowest BCUT2D eigenvalue weighted by molar-refractivity contribution is -0.123. The lowest BCUT2D eigenvalue weighted by Gasteiger charge is -2.15. The van der Waals surface area contributed by atoms with Gasteiger partial charge in [0.2, 0.25) is 5.91 Å². The van der Waals surface area contributed by atoms with E-state index in [2.05, 4.69) is 9.55 Å². The minimum atomic E-state index is 0.00632. The fraction of sp³-hybridized carbons (Fsp3) is 0.571. The summed E-state index contributed by atoms with van der Waals surface area (Å²) in [6.45, 7) is 2.03. The van der Waals surface area contributed by atoms with Gasteiger partial charge in [-0.25, -0.2) is 4.98 Å².